The molecule has 0 heterocycles. The molecule has 0 fully saturated rings. The summed E-state index contributed by atoms with van der Waals surface area (Å²) in [4.78, 5) is 0. The first-order valence-corrected chi connectivity index (χ1v) is 5.81. The Morgan fingerprint density at radius 3 is 1.42 bits per heavy atom. The number of rotatable bonds is 0. The third-order valence-corrected chi connectivity index (χ3v) is 1.17. The Morgan fingerprint density at radius 2 is 1.33 bits per heavy atom. The summed E-state index contributed by atoms with van der Waals surface area (Å²) >= 11 is 1.82. The SMILES string of the molecule is [C-]1=CC=CC1.[C-]1=CC=CC1.[Cl][Ru+2]. The summed E-state index contributed by atoms with van der Waals surface area (Å²) in [5, 5.41) is 0. The van der Waals surface area contributed by atoms with Crippen LogP contribution < -0.4 is 0 Å². The predicted octanol–water partition coefficient (Wildman–Crippen LogP) is 3.30. The molecule has 2 aliphatic rings. The molecule has 2 heteroatoms. The molecule has 0 spiro atoms. The van der Waals surface area contributed by atoms with Crippen LogP contribution in [-0.4, -0.2) is 0 Å². The molecule has 0 bridgehead atoms. The second-order valence-corrected chi connectivity index (χ2v) is 2.01. The van der Waals surface area contributed by atoms with Gasteiger partial charge in [-0.15, -0.1) is 12.8 Å². The van der Waals surface area contributed by atoms with Crippen LogP contribution in [0.15, 0.2) is 36.5 Å². The van der Waals surface area contributed by atoms with Crippen molar-refractivity contribution in [2.75, 3.05) is 0 Å². The molecule has 65 valence electrons. The molecule has 12 heavy (non-hydrogen) atoms. The van der Waals surface area contributed by atoms with E-state index in [1.54, 1.807) is 0 Å². The minimum atomic E-state index is 1.01. The van der Waals surface area contributed by atoms with Gasteiger partial charge in [0.1, 0.15) is 0 Å². The van der Waals surface area contributed by atoms with E-state index in [9.17, 15) is 0 Å². The van der Waals surface area contributed by atoms with Gasteiger partial charge in [-0.05, 0) is 0 Å². The minimum absolute atomic E-state index is 1.01. The normalized spacial score (nSPS) is 15.1. The molecule has 0 N–H and O–H groups in total. The van der Waals surface area contributed by atoms with Crippen molar-refractivity contribution in [2.24, 2.45) is 0 Å². The molecule has 0 atom stereocenters. The van der Waals surface area contributed by atoms with Gasteiger partial charge in [-0.25, -0.2) is 24.3 Å². The van der Waals surface area contributed by atoms with Crippen molar-refractivity contribution in [3.8, 4) is 0 Å². The fourth-order valence-electron chi connectivity index (χ4n) is 0.680. The van der Waals surface area contributed by atoms with Crippen molar-refractivity contribution in [1.29, 1.82) is 0 Å². The molecule has 0 amide bonds. The van der Waals surface area contributed by atoms with E-state index in [-0.39, 0.29) is 0 Å². The zero-order chi connectivity index (χ0) is 9.07. The third kappa shape index (κ3) is 7.97. The topological polar surface area (TPSA) is 0 Å². The first-order valence-electron chi connectivity index (χ1n) is 3.57. The molecule has 0 radical (unpaired) electrons. The predicted molar refractivity (Wildman–Crippen MR) is 49.0 cm³/mol. The number of hydrogen-bond donors (Lipinski definition) is 0. The summed E-state index contributed by atoms with van der Waals surface area (Å²) in [6.45, 7) is 0. The Hall–Kier alpha value is -0.127. The van der Waals surface area contributed by atoms with Crippen LogP contribution in [0, 0.1) is 12.2 Å². The standard InChI is InChI=1S/2C5H5.ClH.Ru/c2*1-2-4-5-3-1;;/h2*1-3H,4H2;1H;/q2*-1;;+3/p-1. The summed E-state index contributed by atoms with van der Waals surface area (Å²) in [6.07, 6.45) is 20.0. The first-order chi connectivity index (χ1) is 6.00. The van der Waals surface area contributed by atoms with Crippen LogP contribution in [0.25, 0.3) is 0 Å². The van der Waals surface area contributed by atoms with Gasteiger partial charge in [0.05, 0.1) is 0 Å². The van der Waals surface area contributed by atoms with Crippen LogP contribution >= 0.6 is 9.69 Å². The van der Waals surface area contributed by atoms with E-state index in [1.165, 1.54) is 0 Å². The second kappa shape index (κ2) is 10.9. The monoisotopic (exact) mass is 267 g/mol. The van der Waals surface area contributed by atoms with Crippen LogP contribution in [0.5, 0.6) is 0 Å². The zero-order valence-corrected chi connectivity index (χ0v) is 9.10. The molecular formula is C10H10ClRu. The van der Waals surface area contributed by atoms with Crippen LogP contribution in [0.1, 0.15) is 12.8 Å². The number of halogens is 1. The van der Waals surface area contributed by atoms with E-state index in [2.05, 4.69) is 34.0 Å². The average molecular weight is 267 g/mol. The van der Waals surface area contributed by atoms with Gasteiger partial charge in [-0.3, -0.25) is 12.2 Å². The van der Waals surface area contributed by atoms with E-state index in [0.717, 1.165) is 12.8 Å². The van der Waals surface area contributed by atoms with Crippen molar-refractivity contribution in [3.05, 3.63) is 48.6 Å². The Kier molecular flexibility index (Phi) is 10.8. The van der Waals surface area contributed by atoms with E-state index < -0.39 is 0 Å². The van der Waals surface area contributed by atoms with Crippen LogP contribution in [-0.2, 0) is 17.3 Å². The van der Waals surface area contributed by atoms with Gasteiger partial charge in [0.2, 0.25) is 0 Å². The Bertz CT molecular complexity index is 148. The molecule has 0 nitrogen and oxygen atoms in total. The summed E-state index contributed by atoms with van der Waals surface area (Å²) in [6, 6.07) is 0. The molecular weight excluding hydrogens is 257 g/mol. The van der Waals surface area contributed by atoms with Crippen molar-refractivity contribution < 1.29 is 17.3 Å². The third-order valence-electron chi connectivity index (χ3n) is 1.17. The van der Waals surface area contributed by atoms with Gasteiger partial charge in [0.15, 0.2) is 0 Å². The van der Waals surface area contributed by atoms with E-state index in [0.29, 0.717) is 0 Å². The maximum absolute atomic E-state index is 4.57. The van der Waals surface area contributed by atoms with Crippen molar-refractivity contribution >= 4 is 9.69 Å². The quantitative estimate of drug-likeness (QED) is 0.466. The van der Waals surface area contributed by atoms with Crippen LogP contribution in [0.2, 0.25) is 0 Å². The molecule has 0 aliphatic heterocycles. The molecule has 0 saturated heterocycles. The molecule has 2 rings (SSSR count). The van der Waals surface area contributed by atoms with Crippen molar-refractivity contribution in [3.63, 3.8) is 0 Å². The van der Waals surface area contributed by atoms with Gasteiger partial charge in [0, 0.05) is 0 Å². The maximum atomic E-state index is 4.57. The second-order valence-electron chi connectivity index (χ2n) is 2.01. The summed E-state index contributed by atoms with van der Waals surface area (Å²) < 4.78 is 0. The van der Waals surface area contributed by atoms with E-state index >= 15 is 0 Å². The molecule has 0 saturated carbocycles. The van der Waals surface area contributed by atoms with Gasteiger partial charge in [-0.2, -0.15) is 12.2 Å². The summed E-state index contributed by atoms with van der Waals surface area (Å²) in [5.74, 6) is 0. The van der Waals surface area contributed by atoms with Gasteiger partial charge in [0.25, 0.3) is 0 Å². The Morgan fingerprint density at radius 1 is 0.917 bits per heavy atom. The van der Waals surface area contributed by atoms with Crippen LogP contribution in [0.4, 0.5) is 0 Å². The summed E-state index contributed by atoms with van der Waals surface area (Å²) in [7, 11) is 4.57. The van der Waals surface area contributed by atoms with Crippen molar-refractivity contribution in [1.82, 2.24) is 0 Å². The van der Waals surface area contributed by atoms with E-state index in [1.807, 2.05) is 41.6 Å². The Balaban J connectivity index is 0.000000168. The van der Waals surface area contributed by atoms with Gasteiger partial charge in [-0.1, -0.05) is 0 Å². The molecule has 0 aromatic rings. The van der Waals surface area contributed by atoms with Gasteiger partial charge >= 0.3 is 27.0 Å². The molecule has 0 unspecified atom stereocenters. The number of hydrogen-bond acceptors (Lipinski definition) is 0. The molecule has 0 aromatic heterocycles. The average Bonchev–Trinajstić information content (AvgIpc) is 2.87. The fraction of sp³-hybridized carbons (Fsp3) is 0.200. The van der Waals surface area contributed by atoms with E-state index in [4.69, 9.17) is 0 Å². The number of allylic oxidation sites excluding steroid dienone is 8. The first kappa shape index (κ1) is 11.9. The Labute approximate surface area is 88.4 Å². The summed E-state index contributed by atoms with van der Waals surface area (Å²) in [5.41, 5.74) is 0. The zero-order valence-electron chi connectivity index (χ0n) is 6.61. The van der Waals surface area contributed by atoms with Crippen LogP contribution in [0.3, 0.4) is 0 Å². The fourth-order valence-corrected chi connectivity index (χ4v) is 0.680. The van der Waals surface area contributed by atoms with Crippen molar-refractivity contribution in [2.45, 2.75) is 12.8 Å². The molecule has 2 aliphatic carbocycles. The molecule has 0 aromatic carbocycles. The van der Waals surface area contributed by atoms with Gasteiger partial charge < -0.3 is 0 Å².